The molecule has 3 unspecified atom stereocenters. The van der Waals surface area contributed by atoms with Gasteiger partial charge in [0.25, 0.3) is 0 Å². The Balaban J connectivity index is 3.75. The maximum absolute atomic E-state index is 5.82. The minimum atomic E-state index is 0.517. The van der Waals surface area contributed by atoms with Crippen LogP contribution in [0.25, 0.3) is 0 Å². The molecule has 0 aliphatic rings. The highest BCUT2D eigenvalue weighted by atomic mass is 16.5. The molecular weight excluding hydrogens is 198 g/mol. The molecule has 3 atom stereocenters. The number of nitrogens with one attached hydrogen (secondary N) is 1. The fourth-order valence-corrected chi connectivity index (χ4v) is 1.94. The standard InChI is InChI=1S/C14H31NO/c1-6-9-12(4)10-16-11-14(15-8-3)13(5)7-2/h12-15H,6-11H2,1-5H3. The summed E-state index contributed by atoms with van der Waals surface area (Å²) in [6.45, 7) is 14.0. The van der Waals surface area contributed by atoms with Crippen LogP contribution < -0.4 is 5.32 Å². The Kier molecular flexibility index (Phi) is 10.0. The van der Waals surface area contributed by atoms with E-state index >= 15 is 0 Å². The average molecular weight is 229 g/mol. The van der Waals surface area contributed by atoms with E-state index in [-0.39, 0.29) is 0 Å². The Hall–Kier alpha value is -0.0800. The van der Waals surface area contributed by atoms with Crippen LogP contribution >= 0.6 is 0 Å². The molecule has 0 bridgehead atoms. The second-order valence-electron chi connectivity index (χ2n) is 4.98. The Morgan fingerprint density at radius 1 is 1.06 bits per heavy atom. The fourth-order valence-electron chi connectivity index (χ4n) is 1.94. The average Bonchev–Trinajstić information content (AvgIpc) is 2.27. The first-order chi connectivity index (χ1) is 7.65. The van der Waals surface area contributed by atoms with Gasteiger partial charge in [-0.05, 0) is 24.8 Å². The number of hydrogen-bond acceptors (Lipinski definition) is 2. The summed E-state index contributed by atoms with van der Waals surface area (Å²) in [5, 5.41) is 3.51. The molecule has 16 heavy (non-hydrogen) atoms. The second kappa shape index (κ2) is 10.1. The zero-order valence-corrected chi connectivity index (χ0v) is 11.9. The lowest BCUT2D eigenvalue weighted by Gasteiger charge is -2.24. The van der Waals surface area contributed by atoms with Crippen LogP contribution in [0, 0.1) is 11.8 Å². The molecular formula is C14H31NO. The van der Waals surface area contributed by atoms with Gasteiger partial charge < -0.3 is 10.1 Å². The zero-order valence-electron chi connectivity index (χ0n) is 11.9. The number of likely N-dealkylation sites (N-methyl/N-ethyl adjacent to an activating group) is 1. The van der Waals surface area contributed by atoms with Gasteiger partial charge in [-0.1, -0.05) is 47.5 Å². The molecule has 0 amide bonds. The molecule has 0 aromatic heterocycles. The van der Waals surface area contributed by atoms with Crippen LogP contribution in [0.4, 0.5) is 0 Å². The molecule has 0 heterocycles. The molecule has 0 fully saturated rings. The highest BCUT2D eigenvalue weighted by molar-refractivity contribution is 4.71. The quantitative estimate of drug-likeness (QED) is 0.619. The Bertz CT molecular complexity index is 150. The monoisotopic (exact) mass is 229 g/mol. The van der Waals surface area contributed by atoms with Crippen molar-refractivity contribution in [3.8, 4) is 0 Å². The van der Waals surface area contributed by atoms with Crippen LogP contribution in [0.3, 0.4) is 0 Å². The maximum Gasteiger partial charge on any atom is 0.0622 e. The Morgan fingerprint density at radius 2 is 1.75 bits per heavy atom. The van der Waals surface area contributed by atoms with Crippen molar-refractivity contribution in [3.05, 3.63) is 0 Å². The van der Waals surface area contributed by atoms with E-state index in [1.54, 1.807) is 0 Å². The van der Waals surface area contributed by atoms with Gasteiger partial charge in [0.15, 0.2) is 0 Å². The molecule has 0 aromatic carbocycles. The van der Waals surface area contributed by atoms with Gasteiger partial charge in [-0.15, -0.1) is 0 Å². The third kappa shape index (κ3) is 7.24. The molecule has 0 saturated heterocycles. The highest BCUT2D eigenvalue weighted by Gasteiger charge is 2.14. The number of ether oxygens (including phenoxy) is 1. The first-order valence-electron chi connectivity index (χ1n) is 6.96. The van der Waals surface area contributed by atoms with Crippen molar-refractivity contribution in [3.63, 3.8) is 0 Å². The summed E-state index contributed by atoms with van der Waals surface area (Å²) in [5.74, 6) is 1.39. The molecule has 0 aliphatic heterocycles. The van der Waals surface area contributed by atoms with E-state index in [9.17, 15) is 0 Å². The van der Waals surface area contributed by atoms with E-state index in [4.69, 9.17) is 4.74 Å². The lowest BCUT2D eigenvalue weighted by atomic mass is 10.00. The summed E-state index contributed by atoms with van der Waals surface area (Å²) in [6, 6.07) is 0.517. The van der Waals surface area contributed by atoms with E-state index in [2.05, 4.69) is 39.9 Å². The van der Waals surface area contributed by atoms with Gasteiger partial charge in [0.05, 0.1) is 6.61 Å². The summed E-state index contributed by atoms with van der Waals surface area (Å²) in [4.78, 5) is 0. The molecule has 0 saturated carbocycles. The van der Waals surface area contributed by atoms with Gasteiger partial charge in [-0.3, -0.25) is 0 Å². The van der Waals surface area contributed by atoms with Gasteiger partial charge in [-0.25, -0.2) is 0 Å². The van der Waals surface area contributed by atoms with Crippen molar-refractivity contribution in [2.45, 2.75) is 59.9 Å². The van der Waals surface area contributed by atoms with Crippen molar-refractivity contribution in [2.24, 2.45) is 11.8 Å². The normalized spacial score (nSPS) is 17.1. The predicted molar refractivity (Wildman–Crippen MR) is 71.8 cm³/mol. The molecule has 0 aliphatic carbocycles. The maximum atomic E-state index is 5.82. The second-order valence-corrected chi connectivity index (χ2v) is 4.98. The lowest BCUT2D eigenvalue weighted by molar-refractivity contribution is 0.0709. The number of hydrogen-bond donors (Lipinski definition) is 1. The highest BCUT2D eigenvalue weighted by Crippen LogP contribution is 2.10. The van der Waals surface area contributed by atoms with Crippen molar-refractivity contribution in [2.75, 3.05) is 19.8 Å². The molecule has 0 aromatic rings. The van der Waals surface area contributed by atoms with Crippen LogP contribution in [-0.4, -0.2) is 25.8 Å². The molecule has 2 nitrogen and oxygen atoms in total. The van der Waals surface area contributed by atoms with Crippen LogP contribution in [0.1, 0.15) is 53.9 Å². The molecule has 0 radical (unpaired) electrons. The smallest absolute Gasteiger partial charge is 0.0622 e. The Morgan fingerprint density at radius 3 is 2.25 bits per heavy atom. The minimum Gasteiger partial charge on any atom is -0.380 e. The first kappa shape index (κ1) is 15.9. The minimum absolute atomic E-state index is 0.517. The summed E-state index contributed by atoms with van der Waals surface area (Å²) in [7, 11) is 0. The van der Waals surface area contributed by atoms with Gasteiger partial charge in [0.2, 0.25) is 0 Å². The summed E-state index contributed by atoms with van der Waals surface area (Å²) < 4.78 is 5.82. The van der Waals surface area contributed by atoms with E-state index in [1.807, 2.05) is 0 Å². The van der Waals surface area contributed by atoms with Crippen molar-refractivity contribution < 1.29 is 4.74 Å². The first-order valence-corrected chi connectivity index (χ1v) is 6.96. The lowest BCUT2D eigenvalue weighted by Crippen LogP contribution is -2.39. The molecule has 1 N–H and O–H groups in total. The van der Waals surface area contributed by atoms with Gasteiger partial charge >= 0.3 is 0 Å². The van der Waals surface area contributed by atoms with Crippen LogP contribution in [0.15, 0.2) is 0 Å². The topological polar surface area (TPSA) is 21.3 Å². The van der Waals surface area contributed by atoms with Crippen molar-refractivity contribution >= 4 is 0 Å². The Labute approximate surface area is 102 Å². The van der Waals surface area contributed by atoms with E-state index < -0.39 is 0 Å². The SMILES string of the molecule is CCCC(C)COCC(NCC)C(C)CC. The third-order valence-electron chi connectivity index (χ3n) is 3.28. The van der Waals surface area contributed by atoms with E-state index in [0.717, 1.165) is 19.8 Å². The van der Waals surface area contributed by atoms with Gasteiger partial charge in [0, 0.05) is 12.6 Å². The van der Waals surface area contributed by atoms with E-state index in [1.165, 1.54) is 19.3 Å². The van der Waals surface area contributed by atoms with Gasteiger partial charge in [0.1, 0.15) is 0 Å². The van der Waals surface area contributed by atoms with Crippen molar-refractivity contribution in [1.29, 1.82) is 0 Å². The predicted octanol–water partition coefficient (Wildman–Crippen LogP) is 3.46. The van der Waals surface area contributed by atoms with Gasteiger partial charge in [-0.2, -0.15) is 0 Å². The molecule has 0 spiro atoms. The van der Waals surface area contributed by atoms with E-state index in [0.29, 0.717) is 17.9 Å². The number of rotatable bonds is 10. The summed E-state index contributed by atoms with van der Waals surface area (Å²) in [6.07, 6.45) is 3.74. The van der Waals surface area contributed by atoms with Crippen LogP contribution in [0.2, 0.25) is 0 Å². The third-order valence-corrected chi connectivity index (χ3v) is 3.28. The molecule has 98 valence electrons. The van der Waals surface area contributed by atoms with Crippen molar-refractivity contribution in [1.82, 2.24) is 5.32 Å². The molecule has 2 heteroatoms. The zero-order chi connectivity index (χ0) is 12.4. The summed E-state index contributed by atoms with van der Waals surface area (Å²) >= 11 is 0. The van der Waals surface area contributed by atoms with Crippen LogP contribution in [-0.2, 0) is 4.74 Å². The summed E-state index contributed by atoms with van der Waals surface area (Å²) in [5.41, 5.74) is 0. The fraction of sp³-hybridized carbons (Fsp3) is 1.00. The largest absolute Gasteiger partial charge is 0.380 e. The molecule has 0 rings (SSSR count). The van der Waals surface area contributed by atoms with Crippen LogP contribution in [0.5, 0.6) is 0 Å².